The standard InChI is InChI=1S/C27H31ClN2O5S/c1-18(17-29-19(2)31)20-7-13-24-21(16-26(27(32)35-3)25(24)14-8-20)6-4-5-15-30-36(33,34)23-11-9-22(28)10-12-23/h7-14,16,18,30H,4-6,15,17H2,1-3H3,(H,29,31). The molecule has 2 N–H and O–H groups in total. The maximum absolute atomic E-state index is 12.4. The van der Waals surface area contributed by atoms with Gasteiger partial charge >= 0.3 is 5.97 Å². The number of carbonyl (C=O) groups excluding carboxylic acids is 2. The maximum atomic E-state index is 12.4. The molecule has 192 valence electrons. The van der Waals surface area contributed by atoms with E-state index in [1.165, 1.54) is 26.2 Å². The van der Waals surface area contributed by atoms with E-state index in [1.807, 2.05) is 37.3 Å². The fourth-order valence-corrected chi connectivity index (χ4v) is 5.21. The summed E-state index contributed by atoms with van der Waals surface area (Å²) in [5.41, 5.74) is 4.30. The third kappa shape index (κ3) is 7.06. The lowest BCUT2D eigenvalue weighted by atomic mass is 10.0. The molecule has 36 heavy (non-hydrogen) atoms. The third-order valence-electron chi connectivity index (χ3n) is 6.05. The van der Waals surface area contributed by atoms with Crippen molar-refractivity contribution in [1.82, 2.24) is 10.0 Å². The van der Waals surface area contributed by atoms with Gasteiger partial charge < -0.3 is 10.1 Å². The Morgan fingerprint density at radius 2 is 1.67 bits per heavy atom. The summed E-state index contributed by atoms with van der Waals surface area (Å²) < 4.78 is 32.5. The van der Waals surface area contributed by atoms with Crippen LogP contribution in [0.1, 0.15) is 54.1 Å². The molecule has 1 unspecified atom stereocenters. The summed E-state index contributed by atoms with van der Waals surface area (Å²) in [6.07, 6.45) is 2.04. The number of hydrogen-bond acceptors (Lipinski definition) is 5. The summed E-state index contributed by atoms with van der Waals surface area (Å²) in [5, 5.41) is 3.31. The van der Waals surface area contributed by atoms with Crippen LogP contribution < -0.4 is 10.0 Å². The number of aryl methyl sites for hydroxylation is 1. The number of esters is 1. The van der Waals surface area contributed by atoms with Crippen LogP contribution in [0.5, 0.6) is 0 Å². The number of sulfonamides is 1. The first-order valence-corrected chi connectivity index (χ1v) is 13.6. The minimum Gasteiger partial charge on any atom is -0.465 e. The number of fused-ring (bicyclic) bond motifs is 1. The molecule has 7 nitrogen and oxygen atoms in total. The summed E-state index contributed by atoms with van der Waals surface area (Å²) in [4.78, 5) is 23.9. The van der Waals surface area contributed by atoms with Gasteiger partial charge in [0.2, 0.25) is 15.9 Å². The van der Waals surface area contributed by atoms with Crippen LogP contribution in [0, 0.1) is 0 Å². The number of rotatable bonds is 11. The van der Waals surface area contributed by atoms with E-state index in [-0.39, 0.29) is 16.7 Å². The Balaban J connectivity index is 1.70. The molecule has 2 aliphatic rings. The summed E-state index contributed by atoms with van der Waals surface area (Å²) in [6.45, 7) is 4.34. The van der Waals surface area contributed by atoms with Gasteiger partial charge in [0, 0.05) is 25.0 Å². The lowest BCUT2D eigenvalue weighted by Gasteiger charge is -2.10. The number of nitrogens with one attached hydrogen (secondary N) is 2. The number of benzene rings is 1. The first-order valence-electron chi connectivity index (χ1n) is 11.8. The van der Waals surface area contributed by atoms with Crippen molar-refractivity contribution in [2.24, 2.45) is 0 Å². The maximum Gasteiger partial charge on any atom is 0.338 e. The van der Waals surface area contributed by atoms with Crippen LogP contribution in [0.25, 0.3) is 11.1 Å². The van der Waals surface area contributed by atoms with Crippen molar-refractivity contribution in [3.63, 3.8) is 0 Å². The first-order chi connectivity index (χ1) is 17.1. The fourth-order valence-electron chi connectivity index (χ4n) is 4.01. The molecule has 1 aromatic rings. The number of methoxy groups -OCH3 is 1. The summed E-state index contributed by atoms with van der Waals surface area (Å²) in [5.74, 6) is -0.378. The van der Waals surface area contributed by atoms with Gasteiger partial charge in [0.05, 0.1) is 17.6 Å². The molecule has 0 bridgehead atoms. The Kier molecular flexibility index (Phi) is 9.48. The second-order valence-electron chi connectivity index (χ2n) is 8.72. The Hall–Kier alpha value is -2.94. The molecule has 3 rings (SSSR count). The molecule has 0 saturated heterocycles. The van der Waals surface area contributed by atoms with Crippen LogP contribution in [-0.2, 0) is 26.0 Å². The number of amides is 1. The highest BCUT2D eigenvalue weighted by Crippen LogP contribution is 2.34. The minimum atomic E-state index is -3.60. The minimum absolute atomic E-state index is 0.0772. The molecule has 0 saturated carbocycles. The van der Waals surface area contributed by atoms with Crippen LogP contribution >= 0.6 is 11.6 Å². The molecule has 2 aliphatic carbocycles. The molecule has 1 aromatic carbocycles. The number of ether oxygens (including phenoxy) is 1. The van der Waals surface area contributed by atoms with Crippen molar-refractivity contribution in [2.45, 2.75) is 43.9 Å². The van der Waals surface area contributed by atoms with E-state index >= 15 is 0 Å². The number of halogens is 1. The Morgan fingerprint density at radius 3 is 2.31 bits per heavy atom. The van der Waals surface area contributed by atoms with Crippen molar-refractivity contribution in [3.8, 4) is 11.1 Å². The second kappa shape index (κ2) is 12.3. The fraction of sp³-hybridized carbons (Fsp3) is 0.333. The van der Waals surface area contributed by atoms with E-state index in [1.54, 1.807) is 12.1 Å². The molecule has 1 amide bonds. The zero-order valence-electron chi connectivity index (χ0n) is 20.6. The molecule has 0 fully saturated rings. The molecule has 0 heterocycles. The van der Waals surface area contributed by atoms with Gasteiger partial charge in [0.15, 0.2) is 0 Å². The number of hydrogen-bond donors (Lipinski definition) is 2. The van der Waals surface area contributed by atoms with E-state index in [0.29, 0.717) is 36.5 Å². The van der Waals surface area contributed by atoms with E-state index in [0.717, 1.165) is 28.7 Å². The average Bonchev–Trinajstić information content (AvgIpc) is 3.03. The number of carbonyl (C=O) groups is 2. The van der Waals surface area contributed by atoms with E-state index in [9.17, 15) is 18.0 Å². The van der Waals surface area contributed by atoms with E-state index in [4.69, 9.17) is 16.3 Å². The van der Waals surface area contributed by atoms with Gasteiger partial charge in [0.1, 0.15) is 0 Å². The highest BCUT2D eigenvalue weighted by molar-refractivity contribution is 7.89. The van der Waals surface area contributed by atoms with Crippen molar-refractivity contribution < 1.29 is 22.7 Å². The highest BCUT2D eigenvalue weighted by atomic mass is 35.5. The summed E-state index contributed by atoms with van der Waals surface area (Å²) in [7, 11) is -2.24. The topological polar surface area (TPSA) is 102 Å². The molecule has 0 spiro atoms. The quantitative estimate of drug-likeness (QED) is 0.274. The van der Waals surface area contributed by atoms with Crippen LogP contribution in [0.3, 0.4) is 0 Å². The average molecular weight is 531 g/mol. The predicted octanol–water partition coefficient (Wildman–Crippen LogP) is 4.77. The zero-order chi connectivity index (χ0) is 26.3. The van der Waals surface area contributed by atoms with Gasteiger partial charge in [-0.2, -0.15) is 0 Å². The van der Waals surface area contributed by atoms with Crippen molar-refractivity contribution in [2.75, 3.05) is 20.2 Å². The largest absolute Gasteiger partial charge is 0.465 e. The van der Waals surface area contributed by atoms with E-state index in [2.05, 4.69) is 10.0 Å². The van der Waals surface area contributed by atoms with Crippen LogP contribution in [-0.4, -0.2) is 40.5 Å². The zero-order valence-corrected chi connectivity index (χ0v) is 22.2. The summed E-state index contributed by atoms with van der Waals surface area (Å²) >= 11 is 5.84. The monoisotopic (exact) mass is 530 g/mol. The van der Waals surface area contributed by atoms with Gasteiger partial charge in [-0.1, -0.05) is 42.8 Å². The molecular weight excluding hydrogens is 500 g/mol. The Bertz CT molecular complexity index is 1290. The highest BCUT2D eigenvalue weighted by Gasteiger charge is 2.21. The molecule has 0 aromatic heterocycles. The van der Waals surface area contributed by atoms with Crippen molar-refractivity contribution in [1.29, 1.82) is 0 Å². The summed E-state index contributed by atoms with van der Waals surface area (Å²) in [6, 6.07) is 15.8. The van der Waals surface area contributed by atoms with E-state index < -0.39 is 16.0 Å². The van der Waals surface area contributed by atoms with Crippen LogP contribution in [0.2, 0.25) is 5.02 Å². The Morgan fingerprint density at radius 1 is 1.00 bits per heavy atom. The predicted molar refractivity (Wildman–Crippen MR) is 141 cm³/mol. The van der Waals surface area contributed by atoms with Gasteiger partial charge in [-0.05, 0) is 77.8 Å². The van der Waals surface area contributed by atoms with Gasteiger partial charge in [-0.25, -0.2) is 17.9 Å². The SMILES string of the molecule is COC(=O)c1cc(CCCCNS(=O)(=O)c2ccc(Cl)cc2)c2ccc(C(C)CNC(C)=O)ccc1-2. The van der Waals surface area contributed by atoms with Crippen molar-refractivity contribution in [3.05, 3.63) is 76.3 Å². The van der Waals surface area contributed by atoms with Crippen LogP contribution in [0.4, 0.5) is 0 Å². The molecule has 0 radical (unpaired) electrons. The first kappa shape index (κ1) is 27.6. The second-order valence-corrected chi connectivity index (χ2v) is 10.9. The molecule has 1 atom stereocenters. The Labute approximate surface area is 217 Å². The molecule has 0 aliphatic heterocycles. The van der Waals surface area contributed by atoms with Gasteiger partial charge in [0.25, 0.3) is 0 Å². The van der Waals surface area contributed by atoms with Gasteiger partial charge in [-0.3, -0.25) is 4.79 Å². The number of unbranched alkanes of at least 4 members (excludes halogenated alkanes) is 1. The third-order valence-corrected chi connectivity index (χ3v) is 7.78. The van der Waals surface area contributed by atoms with Gasteiger partial charge in [-0.15, -0.1) is 0 Å². The molecular formula is C27H31ClN2O5S. The smallest absolute Gasteiger partial charge is 0.338 e. The molecule has 9 heteroatoms. The van der Waals surface area contributed by atoms with Crippen molar-refractivity contribution >= 4 is 33.5 Å². The lowest BCUT2D eigenvalue weighted by molar-refractivity contribution is -0.119. The van der Waals surface area contributed by atoms with Crippen LogP contribution in [0.15, 0.2) is 59.5 Å². The lowest BCUT2D eigenvalue weighted by Crippen LogP contribution is -2.24. The normalized spacial score (nSPS) is 12.3.